The zero-order valence-electron chi connectivity index (χ0n) is 8.96. The third kappa shape index (κ3) is 7.33. The molecule has 0 aromatic carbocycles. The molecular formula is C10H18ClNO3. The van der Waals surface area contributed by atoms with Crippen LogP contribution in [0.25, 0.3) is 0 Å². The van der Waals surface area contributed by atoms with Gasteiger partial charge in [0, 0.05) is 24.8 Å². The fourth-order valence-corrected chi connectivity index (χ4v) is 1.37. The lowest BCUT2D eigenvalue weighted by Crippen LogP contribution is -2.10. The van der Waals surface area contributed by atoms with Gasteiger partial charge < -0.3 is 10.4 Å². The number of hydrogen-bond donors (Lipinski definition) is 2. The summed E-state index contributed by atoms with van der Waals surface area (Å²) in [4.78, 5) is 20.3. The molecule has 0 aromatic rings. The maximum absolute atomic E-state index is 11.0. The van der Waals surface area contributed by atoms with Crippen LogP contribution >= 0.6 is 11.6 Å². The molecule has 1 aliphatic rings. The van der Waals surface area contributed by atoms with Crippen molar-refractivity contribution in [1.82, 2.24) is 5.32 Å². The van der Waals surface area contributed by atoms with Crippen molar-refractivity contribution in [3.63, 3.8) is 0 Å². The molecule has 1 saturated heterocycles. The Kier molecular flexibility index (Phi) is 8.33. The van der Waals surface area contributed by atoms with Crippen molar-refractivity contribution in [3.05, 3.63) is 0 Å². The van der Waals surface area contributed by atoms with Crippen LogP contribution in [0, 0.1) is 5.92 Å². The molecule has 0 aromatic heterocycles. The van der Waals surface area contributed by atoms with E-state index in [4.69, 9.17) is 16.7 Å². The first-order valence-corrected chi connectivity index (χ1v) is 5.66. The maximum Gasteiger partial charge on any atom is 0.303 e. The summed E-state index contributed by atoms with van der Waals surface area (Å²) in [5.74, 6) is 0.526. The molecular weight excluding hydrogens is 218 g/mol. The number of carbonyl (C=O) groups is 2. The van der Waals surface area contributed by atoms with Gasteiger partial charge in [-0.25, -0.2) is 0 Å². The number of carbonyl (C=O) groups excluding carboxylic acids is 1. The van der Waals surface area contributed by atoms with Crippen molar-refractivity contribution in [1.29, 1.82) is 0 Å². The highest BCUT2D eigenvalue weighted by atomic mass is 35.5. The summed E-state index contributed by atoms with van der Waals surface area (Å²) in [5, 5.41) is 10.8. The van der Waals surface area contributed by atoms with E-state index < -0.39 is 5.97 Å². The number of nitrogens with one attached hydrogen (secondary N) is 1. The Morgan fingerprint density at radius 3 is 2.60 bits per heavy atom. The van der Waals surface area contributed by atoms with Gasteiger partial charge in [0.15, 0.2) is 5.78 Å². The fraction of sp³-hybridized carbons (Fsp3) is 0.800. The van der Waals surface area contributed by atoms with Gasteiger partial charge in [-0.1, -0.05) is 6.92 Å². The third-order valence-corrected chi connectivity index (χ3v) is 2.40. The van der Waals surface area contributed by atoms with Crippen molar-refractivity contribution in [2.75, 3.05) is 19.0 Å². The SMILES string of the molecule is CCC(=O)O.O=C1CNCC1CCCCl. The molecule has 0 bridgehead atoms. The number of Topliss-reactive ketones (excluding diaryl/α,β-unsaturated/α-hetero) is 1. The normalized spacial score (nSPS) is 19.6. The van der Waals surface area contributed by atoms with Crippen LogP contribution in [-0.4, -0.2) is 35.8 Å². The van der Waals surface area contributed by atoms with Gasteiger partial charge in [-0.2, -0.15) is 0 Å². The summed E-state index contributed by atoms with van der Waals surface area (Å²) in [6, 6.07) is 0. The van der Waals surface area contributed by atoms with E-state index in [1.54, 1.807) is 6.92 Å². The van der Waals surface area contributed by atoms with E-state index in [1.165, 1.54) is 0 Å². The highest BCUT2D eigenvalue weighted by molar-refractivity contribution is 6.17. The fourth-order valence-electron chi connectivity index (χ4n) is 1.21. The molecule has 1 unspecified atom stereocenters. The average Bonchev–Trinajstić information content (AvgIpc) is 2.62. The molecule has 0 saturated carbocycles. The lowest BCUT2D eigenvalue weighted by atomic mass is 10.0. The zero-order chi connectivity index (χ0) is 11.7. The van der Waals surface area contributed by atoms with Gasteiger partial charge in [0.05, 0.1) is 6.54 Å². The topological polar surface area (TPSA) is 66.4 Å². The summed E-state index contributed by atoms with van der Waals surface area (Å²) in [5.41, 5.74) is 0. The summed E-state index contributed by atoms with van der Waals surface area (Å²) < 4.78 is 0. The Morgan fingerprint density at radius 1 is 1.67 bits per heavy atom. The number of ketones is 1. The summed E-state index contributed by atoms with van der Waals surface area (Å²) in [6.45, 7) is 3.02. The number of aliphatic carboxylic acids is 1. The minimum absolute atomic E-state index is 0.222. The smallest absolute Gasteiger partial charge is 0.303 e. The van der Waals surface area contributed by atoms with Crippen molar-refractivity contribution in [3.8, 4) is 0 Å². The summed E-state index contributed by atoms with van der Waals surface area (Å²) in [7, 11) is 0. The van der Waals surface area contributed by atoms with Gasteiger partial charge in [0.2, 0.25) is 0 Å². The van der Waals surface area contributed by atoms with Crippen LogP contribution in [0.15, 0.2) is 0 Å². The molecule has 0 spiro atoms. The van der Waals surface area contributed by atoms with E-state index in [0.717, 1.165) is 19.4 Å². The Bertz CT molecular complexity index is 209. The molecule has 4 nitrogen and oxygen atoms in total. The first kappa shape index (κ1) is 14.4. The minimum atomic E-state index is -0.745. The van der Waals surface area contributed by atoms with Crippen molar-refractivity contribution < 1.29 is 14.7 Å². The van der Waals surface area contributed by atoms with Crippen molar-refractivity contribution >= 4 is 23.4 Å². The van der Waals surface area contributed by atoms with Gasteiger partial charge in [-0.3, -0.25) is 9.59 Å². The van der Waals surface area contributed by atoms with Gasteiger partial charge in [0.25, 0.3) is 0 Å². The molecule has 0 radical (unpaired) electrons. The predicted octanol–water partition coefficient (Wildman–Crippen LogP) is 1.27. The Balaban J connectivity index is 0.000000336. The zero-order valence-corrected chi connectivity index (χ0v) is 9.72. The molecule has 88 valence electrons. The van der Waals surface area contributed by atoms with Crippen molar-refractivity contribution in [2.24, 2.45) is 5.92 Å². The van der Waals surface area contributed by atoms with E-state index in [1.807, 2.05) is 0 Å². The van der Waals surface area contributed by atoms with E-state index in [2.05, 4.69) is 5.32 Å². The van der Waals surface area contributed by atoms with Crippen LogP contribution in [0.1, 0.15) is 26.2 Å². The largest absolute Gasteiger partial charge is 0.481 e. The van der Waals surface area contributed by atoms with Crippen LogP contribution < -0.4 is 5.32 Å². The molecule has 5 heteroatoms. The minimum Gasteiger partial charge on any atom is -0.481 e. The molecule has 15 heavy (non-hydrogen) atoms. The standard InChI is InChI=1S/C7H12ClNO.C3H6O2/c8-3-1-2-6-4-9-5-7(6)10;1-2-3(4)5/h6,9H,1-5H2;2H2,1H3,(H,4,5). The third-order valence-electron chi connectivity index (χ3n) is 2.13. The molecule has 1 aliphatic heterocycles. The average molecular weight is 236 g/mol. The van der Waals surface area contributed by atoms with Crippen LogP contribution in [0.4, 0.5) is 0 Å². The van der Waals surface area contributed by atoms with Gasteiger partial charge in [-0.05, 0) is 12.8 Å². The number of rotatable bonds is 4. The molecule has 1 fully saturated rings. The van der Waals surface area contributed by atoms with E-state index in [9.17, 15) is 9.59 Å². The lowest BCUT2D eigenvalue weighted by molar-refractivity contribution is -0.136. The maximum atomic E-state index is 11.0. The Labute approximate surface area is 95.0 Å². The first-order valence-electron chi connectivity index (χ1n) is 5.13. The molecule has 1 heterocycles. The summed E-state index contributed by atoms with van der Waals surface area (Å²) in [6.07, 6.45) is 2.13. The van der Waals surface area contributed by atoms with Gasteiger partial charge in [-0.15, -0.1) is 11.6 Å². The van der Waals surface area contributed by atoms with Gasteiger partial charge in [0.1, 0.15) is 0 Å². The second kappa shape index (κ2) is 8.68. The molecule has 2 N–H and O–H groups in total. The van der Waals surface area contributed by atoms with Crippen LogP contribution in [0.2, 0.25) is 0 Å². The highest BCUT2D eigenvalue weighted by Crippen LogP contribution is 2.11. The number of carboxylic acids is 1. The van der Waals surface area contributed by atoms with Gasteiger partial charge >= 0.3 is 5.97 Å². The quantitative estimate of drug-likeness (QED) is 0.721. The molecule has 0 amide bonds. The predicted molar refractivity (Wildman–Crippen MR) is 59.2 cm³/mol. The van der Waals surface area contributed by atoms with E-state index in [0.29, 0.717) is 18.2 Å². The first-order chi connectivity index (χ1) is 7.11. The van der Waals surface area contributed by atoms with E-state index >= 15 is 0 Å². The van der Waals surface area contributed by atoms with Crippen molar-refractivity contribution in [2.45, 2.75) is 26.2 Å². The van der Waals surface area contributed by atoms with Crippen LogP contribution in [0.5, 0.6) is 0 Å². The van der Waals surface area contributed by atoms with Crippen LogP contribution in [0.3, 0.4) is 0 Å². The Morgan fingerprint density at radius 2 is 2.27 bits per heavy atom. The summed E-state index contributed by atoms with van der Waals surface area (Å²) >= 11 is 5.50. The number of carboxylic acid groups (broad SMARTS) is 1. The number of alkyl halides is 1. The molecule has 1 atom stereocenters. The lowest BCUT2D eigenvalue weighted by Gasteiger charge is -2.02. The molecule has 0 aliphatic carbocycles. The van der Waals surface area contributed by atoms with Crippen LogP contribution in [-0.2, 0) is 9.59 Å². The monoisotopic (exact) mass is 235 g/mol. The number of hydrogen-bond acceptors (Lipinski definition) is 3. The number of halogens is 1. The second-order valence-electron chi connectivity index (χ2n) is 3.37. The highest BCUT2D eigenvalue weighted by Gasteiger charge is 2.22. The molecule has 1 rings (SSSR count). The second-order valence-corrected chi connectivity index (χ2v) is 3.75. The van der Waals surface area contributed by atoms with E-state index in [-0.39, 0.29) is 12.3 Å². The Hall–Kier alpha value is -0.610.